The van der Waals surface area contributed by atoms with E-state index in [0.717, 1.165) is 16.2 Å². The number of aliphatic hydroxyl groups is 1. The smallest absolute Gasteiger partial charge is 0.226 e. The van der Waals surface area contributed by atoms with Gasteiger partial charge in [-0.2, -0.15) is 0 Å². The quantitative estimate of drug-likeness (QED) is 0.892. The zero-order chi connectivity index (χ0) is 15.2. The van der Waals surface area contributed by atoms with E-state index in [2.05, 4.69) is 0 Å². The molecule has 0 saturated carbocycles. The van der Waals surface area contributed by atoms with E-state index in [-0.39, 0.29) is 5.91 Å². The summed E-state index contributed by atoms with van der Waals surface area (Å²) in [5.74, 6) is 0.709. The molecule has 0 aliphatic heterocycles. The third-order valence-electron chi connectivity index (χ3n) is 3.23. The fourth-order valence-electron chi connectivity index (χ4n) is 2.02. The molecule has 0 fully saturated rings. The number of hydrogen-bond acceptors (Lipinski definition) is 4. The Hall–Kier alpha value is -1.85. The van der Waals surface area contributed by atoms with E-state index in [1.165, 1.54) is 11.3 Å². The maximum atomic E-state index is 12.2. The number of amides is 1. The van der Waals surface area contributed by atoms with Gasteiger partial charge in [0.2, 0.25) is 5.91 Å². The number of methoxy groups -OCH3 is 1. The van der Waals surface area contributed by atoms with Crippen molar-refractivity contribution in [1.82, 2.24) is 4.90 Å². The van der Waals surface area contributed by atoms with Crippen LogP contribution in [0.2, 0.25) is 0 Å². The highest BCUT2D eigenvalue weighted by molar-refractivity contribution is 7.10. The molecule has 0 aliphatic rings. The number of likely N-dealkylation sites (N-methyl/N-ethyl adjacent to an activating group) is 1. The van der Waals surface area contributed by atoms with Crippen molar-refractivity contribution in [2.45, 2.75) is 12.5 Å². The zero-order valence-electron chi connectivity index (χ0n) is 12.2. The van der Waals surface area contributed by atoms with Crippen molar-refractivity contribution in [3.8, 4) is 5.75 Å². The lowest BCUT2D eigenvalue weighted by Crippen LogP contribution is -2.32. The van der Waals surface area contributed by atoms with Crippen molar-refractivity contribution in [1.29, 1.82) is 0 Å². The fourth-order valence-corrected chi connectivity index (χ4v) is 2.73. The minimum absolute atomic E-state index is 0.0288. The van der Waals surface area contributed by atoms with E-state index in [1.807, 2.05) is 41.8 Å². The molecule has 0 aliphatic carbocycles. The van der Waals surface area contributed by atoms with Gasteiger partial charge in [0.05, 0.1) is 20.1 Å². The Morgan fingerprint density at radius 2 is 2.19 bits per heavy atom. The summed E-state index contributed by atoms with van der Waals surface area (Å²) in [4.78, 5) is 14.6. The van der Waals surface area contributed by atoms with Crippen molar-refractivity contribution in [3.05, 3.63) is 52.2 Å². The maximum absolute atomic E-state index is 12.2. The molecule has 0 bridgehead atoms. The van der Waals surface area contributed by atoms with E-state index in [9.17, 15) is 9.90 Å². The van der Waals surface area contributed by atoms with Gasteiger partial charge in [0.15, 0.2) is 0 Å². The summed E-state index contributed by atoms with van der Waals surface area (Å²) < 4.78 is 5.15. The highest BCUT2D eigenvalue weighted by atomic mass is 32.1. The number of aliphatic hydroxyl groups excluding tert-OH is 1. The number of hydrogen-bond donors (Lipinski definition) is 1. The van der Waals surface area contributed by atoms with Crippen LogP contribution in [-0.2, 0) is 11.2 Å². The summed E-state index contributed by atoms with van der Waals surface area (Å²) in [6.45, 7) is 0.295. The van der Waals surface area contributed by atoms with Crippen molar-refractivity contribution < 1.29 is 14.6 Å². The zero-order valence-corrected chi connectivity index (χ0v) is 13.0. The summed E-state index contributed by atoms with van der Waals surface area (Å²) in [5.41, 5.74) is 0.900. The lowest BCUT2D eigenvalue weighted by molar-refractivity contribution is -0.130. The monoisotopic (exact) mass is 305 g/mol. The van der Waals surface area contributed by atoms with Crippen LogP contribution in [0.3, 0.4) is 0 Å². The summed E-state index contributed by atoms with van der Waals surface area (Å²) in [7, 11) is 3.31. The first kappa shape index (κ1) is 15.5. The second-order valence-electron chi connectivity index (χ2n) is 4.83. The highest BCUT2D eigenvalue weighted by Crippen LogP contribution is 2.20. The predicted molar refractivity (Wildman–Crippen MR) is 83.6 cm³/mol. The molecule has 0 radical (unpaired) electrons. The van der Waals surface area contributed by atoms with Crippen molar-refractivity contribution in [2.24, 2.45) is 0 Å². The third kappa shape index (κ3) is 4.31. The van der Waals surface area contributed by atoms with E-state index in [0.29, 0.717) is 13.0 Å². The Bertz CT molecular complexity index is 583. The molecule has 1 N–H and O–H groups in total. The Morgan fingerprint density at radius 1 is 1.38 bits per heavy atom. The van der Waals surface area contributed by atoms with Gasteiger partial charge in [-0.05, 0) is 29.1 Å². The summed E-state index contributed by atoms with van der Waals surface area (Å²) in [6, 6.07) is 11.2. The predicted octanol–water partition coefficient (Wildman–Crippen LogP) is 2.49. The molecular weight excluding hydrogens is 286 g/mol. The number of thiophene rings is 1. The van der Waals surface area contributed by atoms with Crippen LogP contribution in [-0.4, -0.2) is 36.6 Å². The van der Waals surface area contributed by atoms with Gasteiger partial charge < -0.3 is 14.7 Å². The standard InChI is InChI=1S/C16H19NO3S/c1-17(11-14(18)15-7-4-8-21-15)16(19)10-12-5-3-6-13(9-12)20-2/h3-9,14,18H,10-11H2,1-2H3. The highest BCUT2D eigenvalue weighted by Gasteiger charge is 2.16. The van der Waals surface area contributed by atoms with E-state index < -0.39 is 6.10 Å². The lowest BCUT2D eigenvalue weighted by atomic mass is 10.1. The number of rotatable bonds is 6. The van der Waals surface area contributed by atoms with Gasteiger partial charge in [-0.3, -0.25) is 4.79 Å². The molecule has 4 nitrogen and oxygen atoms in total. The van der Waals surface area contributed by atoms with Crippen LogP contribution in [0.15, 0.2) is 41.8 Å². The lowest BCUT2D eigenvalue weighted by Gasteiger charge is -2.20. The van der Waals surface area contributed by atoms with Crippen LogP contribution in [0.25, 0.3) is 0 Å². The molecule has 1 unspecified atom stereocenters. The molecule has 0 saturated heterocycles. The third-order valence-corrected chi connectivity index (χ3v) is 4.21. The van der Waals surface area contributed by atoms with Gasteiger partial charge in [0.25, 0.3) is 0 Å². The van der Waals surface area contributed by atoms with Crippen LogP contribution in [0.5, 0.6) is 5.75 Å². The molecule has 0 spiro atoms. The van der Waals surface area contributed by atoms with Gasteiger partial charge in [0, 0.05) is 11.9 Å². The minimum atomic E-state index is -0.635. The van der Waals surface area contributed by atoms with Crippen LogP contribution < -0.4 is 4.74 Å². The average molecular weight is 305 g/mol. The van der Waals surface area contributed by atoms with Crippen molar-refractivity contribution in [3.63, 3.8) is 0 Å². The summed E-state index contributed by atoms with van der Waals surface area (Å²) >= 11 is 1.49. The van der Waals surface area contributed by atoms with E-state index in [4.69, 9.17) is 4.74 Å². The molecule has 112 valence electrons. The van der Waals surface area contributed by atoms with Gasteiger partial charge >= 0.3 is 0 Å². The van der Waals surface area contributed by atoms with Gasteiger partial charge in [-0.25, -0.2) is 0 Å². The number of carbonyl (C=O) groups excluding carboxylic acids is 1. The molecule has 1 heterocycles. The average Bonchev–Trinajstić information content (AvgIpc) is 3.01. The number of nitrogens with zero attached hydrogens (tertiary/aromatic N) is 1. The Kier molecular flexibility index (Phi) is 5.36. The van der Waals surface area contributed by atoms with Gasteiger partial charge in [0.1, 0.15) is 11.9 Å². The van der Waals surface area contributed by atoms with Crippen LogP contribution in [0, 0.1) is 0 Å². The second-order valence-corrected chi connectivity index (χ2v) is 5.81. The Balaban J connectivity index is 1.93. The van der Waals surface area contributed by atoms with Crippen LogP contribution >= 0.6 is 11.3 Å². The molecule has 5 heteroatoms. The molecule has 1 aromatic carbocycles. The van der Waals surface area contributed by atoms with Crippen LogP contribution in [0.1, 0.15) is 16.5 Å². The largest absolute Gasteiger partial charge is 0.497 e. The van der Waals surface area contributed by atoms with Gasteiger partial charge in [-0.15, -0.1) is 11.3 Å². The SMILES string of the molecule is COc1cccc(CC(=O)N(C)CC(O)c2cccs2)c1. The topological polar surface area (TPSA) is 49.8 Å². The molecule has 2 rings (SSSR count). The molecule has 2 aromatic rings. The Labute approximate surface area is 128 Å². The van der Waals surface area contributed by atoms with Crippen molar-refractivity contribution in [2.75, 3.05) is 20.7 Å². The molecule has 1 aromatic heterocycles. The normalized spacial score (nSPS) is 12.0. The van der Waals surface area contributed by atoms with E-state index >= 15 is 0 Å². The number of carbonyl (C=O) groups is 1. The first-order chi connectivity index (χ1) is 10.1. The molecule has 1 amide bonds. The molecule has 1 atom stereocenters. The molecule has 21 heavy (non-hydrogen) atoms. The second kappa shape index (κ2) is 7.24. The maximum Gasteiger partial charge on any atom is 0.226 e. The molecular formula is C16H19NO3S. The summed E-state index contributed by atoms with van der Waals surface area (Å²) in [6.07, 6.45) is -0.338. The van der Waals surface area contributed by atoms with E-state index in [1.54, 1.807) is 19.1 Å². The minimum Gasteiger partial charge on any atom is -0.497 e. The number of benzene rings is 1. The van der Waals surface area contributed by atoms with Gasteiger partial charge in [-0.1, -0.05) is 18.2 Å². The summed E-state index contributed by atoms with van der Waals surface area (Å²) in [5, 5.41) is 12.0. The van der Waals surface area contributed by atoms with Crippen molar-refractivity contribution >= 4 is 17.2 Å². The van der Waals surface area contributed by atoms with Crippen LogP contribution in [0.4, 0.5) is 0 Å². The Morgan fingerprint density at radius 3 is 2.86 bits per heavy atom. The number of ether oxygens (including phenoxy) is 1. The first-order valence-electron chi connectivity index (χ1n) is 6.68. The fraction of sp³-hybridized carbons (Fsp3) is 0.312. The first-order valence-corrected chi connectivity index (χ1v) is 7.56.